The molecule has 2 aliphatic heterocycles. The van der Waals surface area contributed by atoms with Crippen LogP contribution in [0, 0.1) is 25.2 Å². The van der Waals surface area contributed by atoms with Crippen molar-refractivity contribution < 1.29 is 14.3 Å². The molecule has 2 aromatic heterocycles. The molecule has 2 fully saturated rings. The Kier molecular flexibility index (Phi) is 5.16. The van der Waals surface area contributed by atoms with Crippen molar-refractivity contribution in [3.05, 3.63) is 45.7 Å². The number of nitrogens with zero attached hydrogens (tertiary/aromatic N) is 3. The van der Waals surface area contributed by atoms with Gasteiger partial charge in [0, 0.05) is 37.9 Å². The first-order chi connectivity index (χ1) is 13.5. The fraction of sp³-hybridized carbons (Fsp3) is 0.500. The minimum absolute atomic E-state index is 0.0219. The molecule has 0 unspecified atom stereocenters. The molecule has 0 bridgehead atoms. The maximum atomic E-state index is 13.1. The first-order valence-corrected chi connectivity index (χ1v) is 10.3. The molecule has 0 aromatic carbocycles. The van der Waals surface area contributed by atoms with Crippen LogP contribution in [0.3, 0.4) is 0 Å². The van der Waals surface area contributed by atoms with Gasteiger partial charge in [0.1, 0.15) is 4.88 Å². The van der Waals surface area contributed by atoms with Gasteiger partial charge in [0.15, 0.2) is 0 Å². The molecule has 2 aliphatic rings. The van der Waals surface area contributed by atoms with Gasteiger partial charge in [0.2, 0.25) is 5.91 Å². The molecular weight excluding hydrogens is 376 g/mol. The number of hydrogen-bond acceptors (Lipinski definition) is 6. The zero-order valence-corrected chi connectivity index (χ0v) is 16.9. The Labute approximate surface area is 168 Å². The minimum Gasteiger partial charge on any atom is -0.380 e. The first-order valence-electron chi connectivity index (χ1n) is 9.48. The van der Waals surface area contributed by atoms with Gasteiger partial charge in [-0.05, 0) is 31.9 Å². The zero-order valence-electron chi connectivity index (χ0n) is 16.1. The summed E-state index contributed by atoms with van der Waals surface area (Å²) >= 11 is 1.42. The molecule has 0 aliphatic carbocycles. The summed E-state index contributed by atoms with van der Waals surface area (Å²) in [4.78, 5) is 37.0. The quantitative estimate of drug-likeness (QED) is 0.824. The molecule has 2 atom stereocenters. The third kappa shape index (κ3) is 3.42. The molecule has 8 heteroatoms. The van der Waals surface area contributed by atoms with E-state index in [1.807, 2.05) is 26.0 Å². The summed E-state index contributed by atoms with van der Waals surface area (Å²) in [6, 6.07) is 3.88. The van der Waals surface area contributed by atoms with Crippen LogP contribution in [0.4, 0.5) is 0 Å². The fourth-order valence-corrected chi connectivity index (χ4v) is 5.01. The lowest BCUT2D eigenvalue weighted by molar-refractivity contribution is -0.131. The molecule has 4 heterocycles. The molecular formula is C20H24N4O3S. The van der Waals surface area contributed by atoms with Crippen molar-refractivity contribution in [3.8, 4) is 0 Å². The lowest BCUT2D eigenvalue weighted by Gasteiger charge is -2.26. The van der Waals surface area contributed by atoms with Gasteiger partial charge < -0.3 is 15.0 Å². The van der Waals surface area contributed by atoms with Crippen LogP contribution >= 0.6 is 11.3 Å². The Balaban J connectivity index is 1.43. The highest BCUT2D eigenvalue weighted by molar-refractivity contribution is 7.13. The van der Waals surface area contributed by atoms with Gasteiger partial charge in [-0.15, -0.1) is 11.3 Å². The number of carbonyl (C=O) groups is 2. The Morgan fingerprint density at radius 3 is 3.00 bits per heavy atom. The number of pyridine rings is 1. The fourth-order valence-electron chi connectivity index (χ4n) is 4.13. The number of thiazole rings is 1. The van der Waals surface area contributed by atoms with Crippen molar-refractivity contribution in [2.75, 3.05) is 32.8 Å². The lowest BCUT2D eigenvalue weighted by atomic mass is 9.80. The summed E-state index contributed by atoms with van der Waals surface area (Å²) in [6.07, 6.45) is 4.27. The van der Waals surface area contributed by atoms with Crippen molar-refractivity contribution in [2.24, 2.45) is 11.3 Å². The highest BCUT2D eigenvalue weighted by Gasteiger charge is 2.56. The van der Waals surface area contributed by atoms with E-state index in [0.717, 1.165) is 22.7 Å². The topological polar surface area (TPSA) is 84.4 Å². The van der Waals surface area contributed by atoms with E-state index in [-0.39, 0.29) is 17.7 Å². The summed E-state index contributed by atoms with van der Waals surface area (Å²) in [5, 5.41) is 3.94. The van der Waals surface area contributed by atoms with Crippen molar-refractivity contribution in [1.82, 2.24) is 20.2 Å². The molecule has 4 rings (SSSR count). The van der Waals surface area contributed by atoms with Crippen molar-refractivity contribution in [3.63, 3.8) is 0 Å². The number of rotatable bonds is 5. The first kappa shape index (κ1) is 19.0. The van der Waals surface area contributed by atoms with Gasteiger partial charge >= 0.3 is 0 Å². The lowest BCUT2D eigenvalue weighted by Crippen LogP contribution is -2.47. The maximum absolute atomic E-state index is 13.1. The summed E-state index contributed by atoms with van der Waals surface area (Å²) in [5.41, 5.74) is 1.19. The predicted molar refractivity (Wildman–Crippen MR) is 105 cm³/mol. The molecule has 2 aromatic rings. The monoisotopic (exact) mass is 400 g/mol. The average molecular weight is 401 g/mol. The largest absolute Gasteiger partial charge is 0.380 e. The predicted octanol–water partition coefficient (Wildman–Crippen LogP) is 1.60. The van der Waals surface area contributed by atoms with E-state index < -0.39 is 5.41 Å². The third-order valence-electron chi connectivity index (χ3n) is 5.63. The molecule has 0 radical (unpaired) electrons. The van der Waals surface area contributed by atoms with Crippen LogP contribution in [0.1, 0.15) is 25.9 Å². The molecule has 2 amide bonds. The van der Waals surface area contributed by atoms with Gasteiger partial charge in [-0.2, -0.15) is 0 Å². The van der Waals surface area contributed by atoms with Crippen molar-refractivity contribution in [1.29, 1.82) is 0 Å². The SMILES string of the molecule is Cc1nc(C)c(C(=O)N2C[C@H]3COC[C@@]3(C(=O)NCCc3cccnc3)C2)s1. The molecule has 148 valence electrons. The van der Waals surface area contributed by atoms with E-state index in [0.29, 0.717) is 37.7 Å². The van der Waals surface area contributed by atoms with Crippen LogP contribution in [-0.2, 0) is 16.0 Å². The smallest absolute Gasteiger partial charge is 0.265 e. The number of ether oxygens (including phenoxy) is 1. The number of hydrogen-bond donors (Lipinski definition) is 1. The number of amides is 2. The van der Waals surface area contributed by atoms with E-state index in [1.165, 1.54) is 11.3 Å². The second kappa shape index (κ2) is 7.60. The highest BCUT2D eigenvalue weighted by Crippen LogP contribution is 2.42. The molecule has 28 heavy (non-hydrogen) atoms. The Morgan fingerprint density at radius 2 is 2.29 bits per heavy atom. The Hall–Kier alpha value is -2.32. The number of nitrogens with one attached hydrogen (secondary N) is 1. The molecule has 0 saturated carbocycles. The highest BCUT2D eigenvalue weighted by atomic mass is 32.1. The summed E-state index contributed by atoms with van der Waals surface area (Å²) in [5.74, 6) is -0.0180. The van der Waals surface area contributed by atoms with Gasteiger partial charge in [-0.3, -0.25) is 14.6 Å². The van der Waals surface area contributed by atoms with Gasteiger partial charge in [-0.1, -0.05) is 6.07 Å². The van der Waals surface area contributed by atoms with E-state index >= 15 is 0 Å². The van der Waals surface area contributed by atoms with Crippen LogP contribution < -0.4 is 5.32 Å². The second-order valence-electron chi connectivity index (χ2n) is 7.57. The van der Waals surface area contributed by atoms with Crippen LogP contribution in [0.5, 0.6) is 0 Å². The van der Waals surface area contributed by atoms with E-state index in [9.17, 15) is 9.59 Å². The molecule has 7 nitrogen and oxygen atoms in total. The van der Waals surface area contributed by atoms with Gasteiger partial charge in [0.05, 0.1) is 29.3 Å². The summed E-state index contributed by atoms with van der Waals surface area (Å²) < 4.78 is 5.64. The average Bonchev–Trinajstić information content (AvgIpc) is 3.34. The number of fused-ring (bicyclic) bond motifs is 1. The van der Waals surface area contributed by atoms with Crippen molar-refractivity contribution >= 4 is 23.2 Å². The minimum atomic E-state index is -0.655. The normalized spacial score (nSPS) is 23.6. The van der Waals surface area contributed by atoms with Crippen LogP contribution in [0.2, 0.25) is 0 Å². The molecule has 1 N–H and O–H groups in total. The Morgan fingerprint density at radius 1 is 1.43 bits per heavy atom. The number of likely N-dealkylation sites (tertiary alicyclic amines) is 1. The van der Waals surface area contributed by atoms with Gasteiger partial charge in [-0.25, -0.2) is 4.98 Å². The third-order valence-corrected chi connectivity index (χ3v) is 6.69. The van der Waals surface area contributed by atoms with Crippen LogP contribution in [0.15, 0.2) is 24.5 Å². The summed E-state index contributed by atoms with van der Waals surface area (Å²) in [7, 11) is 0. The molecule has 2 saturated heterocycles. The number of aryl methyl sites for hydroxylation is 2. The van der Waals surface area contributed by atoms with E-state index in [1.54, 1.807) is 17.3 Å². The van der Waals surface area contributed by atoms with Gasteiger partial charge in [0.25, 0.3) is 5.91 Å². The zero-order chi connectivity index (χ0) is 19.7. The van der Waals surface area contributed by atoms with Crippen LogP contribution in [0.25, 0.3) is 0 Å². The van der Waals surface area contributed by atoms with E-state index in [2.05, 4.69) is 15.3 Å². The second-order valence-corrected chi connectivity index (χ2v) is 8.77. The Bertz CT molecular complexity index is 885. The molecule has 0 spiro atoms. The van der Waals surface area contributed by atoms with Crippen molar-refractivity contribution in [2.45, 2.75) is 20.3 Å². The maximum Gasteiger partial charge on any atom is 0.265 e. The number of aromatic nitrogens is 2. The van der Waals surface area contributed by atoms with Crippen LogP contribution in [-0.4, -0.2) is 59.5 Å². The standard InChI is InChI=1S/C20H24N4O3S/c1-13-17(28-14(2)23-13)18(25)24-9-16-10-27-12-20(16,11-24)19(26)22-7-5-15-4-3-6-21-8-15/h3-4,6,8,16H,5,7,9-12H2,1-2H3,(H,22,26)/t16-,20-/m0/s1. The number of carbonyl (C=O) groups excluding carboxylic acids is 2. The van der Waals surface area contributed by atoms with E-state index in [4.69, 9.17) is 4.74 Å². The summed E-state index contributed by atoms with van der Waals surface area (Å²) in [6.45, 7) is 6.12.